The summed E-state index contributed by atoms with van der Waals surface area (Å²) in [7, 11) is 0. The molecular weight excluding hydrogens is 443 g/mol. The summed E-state index contributed by atoms with van der Waals surface area (Å²) >= 11 is 2.34. The third kappa shape index (κ3) is 14.7. The number of halogens is 1. The summed E-state index contributed by atoms with van der Waals surface area (Å²) in [5, 5.41) is 17.3. The second-order valence-electron chi connectivity index (χ2n) is 6.33. The standard InChI is InChI=1S/C12H18O2.C6H6O2.C3H7I/c1-9(2)13-11-5-7-12(8-6-11)14-10(3)4;7-5-1-2-6(8)4-3-5;1-3(2)4/h5-10H,1-4H3;1-4,7-8H;3H,1-2H3. The number of phenolic OH excluding ortho intramolecular Hbond substituents is 2. The summed E-state index contributed by atoms with van der Waals surface area (Å²) in [5.41, 5.74) is 0. The van der Waals surface area contributed by atoms with Crippen molar-refractivity contribution in [2.75, 3.05) is 0 Å². The Labute approximate surface area is 171 Å². The van der Waals surface area contributed by atoms with Crippen LogP contribution in [0.4, 0.5) is 0 Å². The lowest BCUT2D eigenvalue weighted by atomic mass is 10.3. The van der Waals surface area contributed by atoms with Crippen LogP contribution in [0.1, 0.15) is 41.5 Å². The minimum Gasteiger partial charge on any atom is -0.508 e. The average Bonchev–Trinajstić information content (AvgIpc) is 2.51. The van der Waals surface area contributed by atoms with Crippen LogP contribution in [-0.4, -0.2) is 26.3 Å². The number of aromatic hydroxyl groups is 2. The van der Waals surface area contributed by atoms with E-state index in [-0.39, 0.29) is 23.7 Å². The molecule has 0 amide bonds. The zero-order chi connectivity index (χ0) is 20.1. The maximum atomic E-state index is 8.65. The number of benzene rings is 2. The third-order valence-electron chi connectivity index (χ3n) is 2.42. The fourth-order valence-corrected chi connectivity index (χ4v) is 1.59. The van der Waals surface area contributed by atoms with Crippen molar-refractivity contribution in [3.05, 3.63) is 48.5 Å². The molecule has 0 aliphatic heterocycles. The van der Waals surface area contributed by atoms with Gasteiger partial charge in [0.05, 0.1) is 12.2 Å². The molecule has 0 heterocycles. The summed E-state index contributed by atoms with van der Waals surface area (Å²) < 4.78 is 11.8. The molecule has 0 bridgehead atoms. The first-order valence-corrected chi connectivity index (χ1v) is 9.90. The molecule has 0 unspecified atom stereocenters. The lowest BCUT2D eigenvalue weighted by Crippen LogP contribution is -2.07. The SMILES string of the molecule is CC(C)I.CC(C)Oc1ccc(OC(C)C)cc1.Oc1ccc(O)cc1. The molecular formula is C21H31IO4. The molecule has 0 atom stereocenters. The highest BCUT2D eigenvalue weighted by Crippen LogP contribution is 2.19. The van der Waals surface area contributed by atoms with Gasteiger partial charge in [0.25, 0.3) is 0 Å². The van der Waals surface area contributed by atoms with E-state index in [4.69, 9.17) is 19.7 Å². The maximum absolute atomic E-state index is 8.65. The predicted octanol–water partition coefficient (Wildman–Crippen LogP) is 6.19. The molecule has 0 aliphatic rings. The first-order valence-electron chi connectivity index (χ1n) is 8.65. The van der Waals surface area contributed by atoms with Gasteiger partial charge in [-0.1, -0.05) is 36.4 Å². The van der Waals surface area contributed by atoms with E-state index in [0.717, 1.165) is 15.4 Å². The molecule has 0 aliphatic carbocycles. The van der Waals surface area contributed by atoms with Crippen molar-refractivity contribution in [2.45, 2.75) is 57.7 Å². The summed E-state index contributed by atoms with van der Waals surface area (Å²) in [5.74, 6) is 2.11. The molecule has 2 aromatic rings. The quantitative estimate of drug-likeness (QED) is 0.315. The Bertz CT molecular complexity index is 525. The third-order valence-corrected chi connectivity index (χ3v) is 2.42. The van der Waals surface area contributed by atoms with Gasteiger partial charge in [0.1, 0.15) is 23.0 Å². The van der Waals surface area contributed by atoms with Gasteiger partial charge in [-0.05, 0) is 76.2 Å². The van der Waals surface area contributed by atoms with Gasteiger partial charge >= 0.3 is 0 Å². The van der Waals surface area contributed by atoms with E-state index < -0.39 is 0 Å². The largest absolute Gasteiger partial charge is 0.508 e. The molecule has 0 saturated heterocycles. The van der Waals surface area contributed by atoms with Crippen LogP contribution in [0.3, 0.4) is 0 Å². The van der Waals surface area contributed by atoms with E-state index in [0.29, 0.717) is 0 Å². The van der Waals surface area contributed by atoms with E-state index in [1.165, 1.54) is 24.3 Å². The van der Waals surface area contributed by atoms with Crippen LogP contribution in [0.2, 0.25) is 0 Å². The lowest BCUT2D eigenvalue weighted by molar-refractivity contribution is 0.235. The Balaban J connectivity index is 0.000000437. The summed E-state index contributed by atoms with van der Waals surface area (Å²) in [6, 6.07) is 13.4. The topological polar surface area (TPSA) is 58.9 Å². The Kier molecular flexibility index (Phi) is 12.7. The lowest BCUT2D eigenvalue weighted by Gasteiger charge is -2.12. The number of ether oxygens (including phenoxy) is 2. The van der Waals surface area contributed by atoms with Crippen LogP contribution < -0.4 is 9.47 Å². The Hall–Kier alpha value is -1.63. The highest BCUT2D eigenvalue weighted by atomic mass is 127. The summed E-state index contributed by atoms with van der Waals surface area (Å²) in [6.45, 7) is 12.4. The highest BCUT2D eigenvalue weighted by Gasteiger charge is 1.99. The van der Waals surface area contributed by atoms with Gasteiger partial charge in [-0.2, -0.15) is 0 Å². The average molecular weight is 474 g/mol. The van der Waals surface area contributed by atoms with Crippen LogP contribution >= 0.6 is 22.6 Å². The molecule has 0 radical (unpaired) electrons. The van der Waals surface area contributed by atoms with Crippen molar-refractivity contribution in [3.63, 3.8) is 0 Å². The van der Waals surface area contributed by atoms with Gasteiger partial charge in [-0.3, -0.25) is 0 Å². The minimum atomic E-state index is 0.169. The van der Waals surface area contributed by atoms with Gasteiger partial charge in [-0.25, -0.2) is 0 Å². The fourth-order valence-electron chi connectivity index (χ4n) is 1.59. The first kappa shape index (κ1) is 24.4. The number of hydrogen-bond donors (Lipinski definition) is 2. The normalized spacial score (nSPS) is 9.92. The van der Waals surface area contributed by atoms with Crippen molar-refractivity contribution in [1.82, 2.24) is 0 Å². The molecule has 5 heteroatoms. The smallest absolute Gasteiger partial charge is 0.119 e. The van der Waals surface area contributed by atoms with E-state index in [2.05, 4.69) is 36.4 Å². The predicted molar refractivity (Wildman–Crippen MR) is 117 cm³/mol. The molecule has 146 valence electrons. The monoisotopic (exact) mass is 474 g/mol. The molecule has 0 spiro atoms. The van der Waals surface area contributed by atoms with Crippen LogP contribution in [0.5, 0.6) is 23.0 Å². The molecule has 2 rings (SSSR count). The van der Waals surface area contributed by atoms with Crippen molar-refractivity contribution in [1.29, 1.82) is 0 Å². The van der Waals surface area contributed by atoms with Crippen LogP contribution in [0.25, 0.3) is 0 Å². The second-order valence-corrected chi connectivity index (χ2v) is 8.83. The summed E-state index contributed by atoms with van der Waals surface area (Å²) in [6.07, 6.45) is 0.429. The number of phenols is 2. The van der Waals surface area contributed by atoms with Crippen LogP contribution in [0.15, 0.2) is 48.5 Å². The molecule has 0 aromatic heterocycles. The van der Waals surface area contributed by atoms with Crippen LogP contribution in [0, 0.1) is 0 Å². The molecule has 0 fully saturated rings. The van der Waals surface area contributed by atoms with E-state index in [1.807, 2.05) is 52.0 Å². The fraction of sp³-hybridized carbons (Fsp3) is 0.429. The Morgan fingerprint density at radius 1 is 0.615 bits per heavy atom. The van der Waals surface area contributed by atoms with Crippen molar-refractivity contribution in [3.8, 4) is 23.0 Å². The molecule has 0 saturated carbocycles. The molecule has 2 aromatic carbocycles. The minimum absolute atomic E-state index is 0.169. The number of alkyl halides is 1. The van der Waals surface area contributed by atoms with Gasteiger partial charge in [0.15, 0.2) is 0 Å². The summed E-state index contributed by atoms with van der Waals surface area (Å²) in [4.78, 5) is 0. The van der Waals surface area contributed by atoms with Crippen LogP contribution in [-0.2, 0) is 0 Å². The maximum Gasteiger partial charge on any atom is 0.119 e. The van der Waals surface area contributed by atoms with E-state index >= 15 is 0 Å². The van der Waals surface area contributed by atoms with E-state index in [1.54, 1.807) is 0 Å². The van der Waals surface area contributed by atoms with E-state index in [9.17, 15) is 0 Å². The Morgan fingerprint density at radius 3 is 1.04 bits per heavy atom. The highest BCUT2D eigenvalue weighted by molar-refractivity contribution is 14.1. The molecule has 26 heavy (non-hydrogen) atoms. The zero-order valence-corrected chi connectivity index (χ0v) is 18.6. The van der Waals surface area contributed by atoms with Crippen molar-refractivity contribution in [2.24, 2.45) is 0 Å². The van der Waals surface area contributed by atoms with Gasteiger partial charge in [0, 0.05) is 3.92 Å². The second kappa shape index (κ2) is 13.6. The molecule has 2 N–H and O–H groups in total. The zero-order valence-electron chi connectivity index (χ0n) is 16.4. The van der Waals surface area contributed by atoms with Gasteiger partial charge in [-0.15, -0.1) is 0 Å². The number of rotatable bonds is 4. The first-order chi connectivity index (χ1) is 12.1. The van der Waals surface area contributed by atoms with Crippen molar-refractivity contribution >= 4 is 22.6 Å². The van der Waals surface area contributed by atoms with Gasteiger partial charge < -0.3 is 19.7 Å². The molecule has 4 nitrogen and oxygen atoms in total. The van der Waals surface area contributed by atoms with Crippen molar-refractivity contribution < 1.29 is 19.7 Å². The van der Waals surface area contributed by atoms with Gasteiger partial charge in [0.2, 0.25) is 0 Å². The number of hydrogen-bond acceptors (Lipinski definition) is 4. The Morgan fingerprint density at radius 2 is 0.846 bits per heavy atom.